The van der Waals surface area contributed by atoms with Crippen molar-refractivity contribution >= 4 is 15.8 Å². The van der Waals surface area contributed by atoms with Crippen molar-refractivity contribution in [3.05, 3.63) is 64.7 Å². The molecule has 5 nitrogen and oxygen atoms in total. The predicted octanol–water partition coefficient (Wildman–Crippen LogP) is 3.21. The second-order valence-corrected chi connectivity index (χ2v) is 8.42. The average Bonchev–Trinajstić information content (AvgIpc) is 3.13. The summed E-state index contributed by atoms with van der Waals surface area (Å²) in [6.45, 7) is 4.04. The summed E-state index contributed by atoms with van der Waals surface area (Å²) in [5.41, 5.74) is 2.45. The highest BCUT2D eigenvalue weighted by Crippen LogP contribution is 2.30. The smallest absolute Gasteiger partial charge is 0.245 e. The molecule has 1 heterocycles. The topological polar surface area (TPSA) is 78.2 Å². The summed E-state index contributed by atoms with van der Waals surface area (Å²) < 4.78 is 27.5. The number of hydrogen-bond acceptors (Lipinski definition) is 4. The largest absolute Gasteiger partial charge is 0.292 e. The van der Waals surface area contributed by atoms with E-state index in [9.17, 15) is 18.5 Å². The molecule has 134 valence electrons. The summed E-state index contributed by atoms with van der Waals surface area (Å²) in [6, 6.07) is 12.9. The van der Waals surface area contributed by atoms with Crippen LogP contribution in [0.25, 0.3) is 0 Å². The molecule has 0 N–H and O–H groups in total. The maximum absolute atomic E-state index is 13.1. The molecular formula is C20H20N2O3S. The normalized spacial score (nSPS) is 17.8. The summed E-state index contributed by atoms with van der Waals surface area (Å²) in [5, 5.41) is 9.24. The third-order valence-corrected chi connectivity index (χ3v) is 6.73. The number of ketones is 1. The number of carbonyl (C=O) groups excluding carboxylic acids is 1. The van der Waals surface area contributed by atoms with Crippen molar-refractivity contribution in [2.45, 2.75) is 37.6 Å². The number of nitriles is 1. The second kappa shape index (κ2) is 7.02. The Bertz CT molecular complexity index is 1010. The lowest BCUT2D eigenvalue weighted by atomic mass is 9.97. The van der Waals surface area contributed by atoms with Crippen molar-refractivity contribution in [3.8, 4) is 6.07 Å². The third kappa shape index (κ3) is 3.16. The molecule has 0 radical (unpaired) electrons. The highest BCUT2D eigenvalue weighted by atomic mass is 32.2. The van der Waals surface area contributed by atoms with E-state index in [-0.39, 0.29) is 22.8 Å². The Balaban J connectivity index is 2.02. The molecule has 0 spiro atoms. The molecule has 0 saturated carbocycles. The molecule has 26 heavy (non-hydrogen) atoms. The molecule has 2 aromatic carbocycles. The van der Waals surface area contributed by atoms with Crippen LogP contribution in [-0.4, -0.2) is 31.1 Å². The number of Topliss-reactive ketones (excluding diaryl/α,β-unsaturated/α-hetero) is 1. The molecule has 0 amide bonds. The van der Waals surface area contributed by atoms with Crippen LogP contribution in [0, 0.1) is 25.2 Å². The molecule has 2 aromatic rings. The van der Waals surface area contributed by atoms with Crippen molar-refractivity contribution in [3.63, 3.8) is 0 Å². The van der Waals surface area contributed by atoms with Gasteiger partial charge in [0.1, 0.15) is 6.07 Å². The number of hydrogen-bond donors (Lipinski definition) is 0. The Morgan fingerprint density at radius 1 is 1.19 bits per heavy atom. The van der Waals surface area contributed by atoms with Crippen molar-refractivity contribution < 1.29 is 13.2 Å². The Morgan fingerprint density at radius 2 is 1.92 bits per heavy atom. The number of carbonyl (C=O) groups is 1. The van der Waals surface area contributed by atoms with E-state index in [1.54, 1.807) is 12.1 Å². The van der Waals surface area contributed by atoms with Crippen LogP contribution in [-0.2, 0) is 10.0 Å². The Kier molecular flexibility index (Phi) is 4.94. The fraction of sp³-hybridized carbons (Fsp3) is 0.300. The Morgan fingerprint density at radius 3 is 2.65 bits per heavy atom. The summed E-state index contributed by atoms with van der Waals surface area (Å²) in [7, 11) is -3.92. The number of nitrogens with zero attached hydrogens (tertiary/aromatic N) is 2. The van der Waals surface area contributed by atoms with Crippen LogP contribution in [0.2, 0.25) is 0 Å². The molecule has 0 aliphatic carbocycles. The van der Waals surface area contributed by atoms with Crippen LogP contribution in [0.1, 0.15) is 39.9 Å². The minimum atomic E-state index is -3.92. The third-order valence-electron chi connectivity index (χ3n) is 4.76. The molecule has 0 aromatic heterocycles. The summed E-state index contributed by atoms with van der Waals surface area (Å²) in [6.07, 6.45) is 1.11. The zero-order valence-electron chi connectivity index (χ0n) is 14.8. The lowest BCUT2D eigenvalue weighted by Crippen LogP contribution is -2.41. The van der Waals surface area contributed by atoms with Gasteiger partial charge in [0.25, 0.3) is 0 Å². The fourth-order valence-corrected chi connectivity index (χ4v) is 5.18. The molecule has 1 atom stereocenters. The first-order valence-electron chi connectivity index (χ1n) is 8.48. The molecular weight excluding hydrogens is 348 g/mol. The molecule has 6 heteroatoms. The van der Waals surface area contributed by atoms with Gasteiger partial charge in [-0.15, -0.1) is 0 Å². The number of aryl methyl sites for hydroxylation is 2. The lowest BCUT2D eigenvalue weighted by molar-refractivity contribution is 0.0917. The van der Waals surface area contributed by atoms with Gasteiger partial charge >= 0.3 is 0 Å². The van der Waals surface area contributed by atoms with Gasteiger partial charge in [0, 0.05) is 12.1 Å². The summed E-state index contributed by atoms with van der Waals surface area (Å²) >= 11 is 0. The number of sulfonamides is 1. The molecule has 3 rings (SSSR count). The van der Waals surface area contributed by atoms with Crippen LogP contribution >= 0.6 is 0 Å². The maximum Gasteiger partial charge on any atom is 0.245 e. The summed E-state index contributed by atoms with van der Waals surface area (Å²) in [4.78, 5) is 13.1. The highest BCUT2D eigenvalue weighted by Gasteiger charge is 2.40. The van der Waals surface area contributed by atoms with Crippen molar-refractivity contribution in [1.29, 1.82) is 5.26 Å². The Hall–Kier alpha value is -2.49. The highest BCUT2D eigenvalue weighted by molar-refractivity contribution is 7.89. The molecule has 0 bridgehead atoms. The van der Waals surface area contributed by atoms with Gasteiger partial charge in [-0.25, -0.2) is 8.42 Å². The lowest BCUT2D eigenvalue weighted by Gasteiger charge is -2.24. The van der Waals surface area contributed by atoms with E-state index in [1.165, 1.54) is 16.4 Å². The van der Waals surface area contributed by atoms with Crippen molar-refractivity contribution in [1.82, 2.24) is 4.31 Å². The maximum atomic E-state index is 13.1. The first-order valence-corrected chi connectivity index (χ1v) is 9.92. The number of benzene rings is 2. The van der Waals surface area contributed by atoms with E-state index in [0.717, 1.165) is 11.1 Å². The molecule has 1 fully saturated rings. The first kappa shape index (κ1) is 18.3. The van der Waals surface area contributed by atoms with Gasteiger partial charge in [-0.2, -0.15) is 9.57 Å². The monoisotopic (exact) mass is 368 g/mol. The van der Waals surface area contributed by atoms with Gasteiger partial charge in [-0.05, 0) is 50.5 Å². The zero-order chi connectivity index (χ0) is 18.9. The van der Waals surface area contributed by atoms with Crippen LogP contribution < -0.4 is 0 Å². The second-order valence-electron chi connectivity index (χ2n) is 6.56. The van der Waals surface area contributed by atoms with Gasteiger partial charge < -0.3 is 0 Å². The van der Waals surface area contributed by atoms with E-state index in [4.69, 9.17) is 0 Å². The average molecular weight is 368 g/mol. The predicted molar refractivity (Wildman–Crippen MR) is 98.3 cm³/mol. The molecule has 1 aliphatic heterocycles. The van der Waals surface area contributed by atoms with Gasteiger partial charge in [0.15, 0.2) is 5.78 Å². The van der Waals surface area contributed by atoms with Crippen LogP contribution in [0.5, 0.6) is 0 Å². The van der Waals surface area contributed by atoms with Crippen molar-refractivity contribution in [2.75, 3.05) is 6.54 Å². The van der Waals surface area contributed by atoms with Crippen LogP contribution in [0.15, 0.2) is 47.4 Å². The van der Waals surface area contributed by atoms with Gasteiger partial charge in [-0.3, -0.25) is 4.79 Å². The zero-order valence-corrected chi connectivity index (χ0v) is 15.6. The van der Waals surface area contributed by atoms with Gasteiger partial charge in [0.2, 0.25) is 10.0 Å². The fourth-order valence-electron chi connectivity index (χ4n) is 3.38. The summed E-state index contributed by atoms with van der Waals surface area (Å²) in [5.74, 6) is -0.179. The van der Waals surface area contributed by atoms with E-state index >= 15 is 0 Å². The minimum absolute atomic E-state index is 0.0387. The standard InChI is InChI=1S/C20H20N2O3S/c1-14-9-10-15(2)17(12-14)20(23)18-7-5-11-22(18)26(24,25)19-8-4-3-6-16(19)13-21/h3-4,6,8-10,12,18H,5,7,11H2,1-2H3. The van der Waals surface area contributed by atoms with E-state index in [1.807, 2.05) is 38.1 Å². The molecule has 1 saturated heterocycles. The number of rotatable bonds is 4. The van der Waals surface area contributed by atoms with E-state index in [2.05, 4.69) is 0 Å². The van der Waals surface area contributed by atoms with Crippen molar-refractivity contribution in [2.24, 2.45) is 0 Å². The van der Waals surface area contributed by atoms with Gasteiger partial charge in [-0.1, -0.05) is 29.8 Å². The SMILES string of the molecule is Cc1ccc(C)c(C(=O)C2CCCN2S(=O)(=O)c2ccccc2C#N)c1. The molecule has 1 aliphatic rings. The quantitative estimate of drug-likeness (QED) is 0.776. The Labute approximate surface area is 153 Å². The van der Waals surface area contributed by atoms with Gasteiger partial charge in [0.05, 0.1) is 16.5 Å². The first-order chi connectivity index (χ1) is 12.4. The van der Waals surface area contributed by atoms with Crippen LogP contribution in [0.4, 0.5) is 0 Å². The minimum Gasteiger partial charge on any atom is -0.292 e. The van der Waals surface area contributed by atoms with E-state index in [0.29, 0.717) is 18.4 Å². The van der Waals surface area contributed by atoms with Crippen LogP contribution in [0.3, 0.4) is 0 Å². The molecule has 1 unspecified atom stereocenters. The van der Waals surface area contributed by atoms with E-state index < -0.39 is 16.1 Å².